The molecule has 0 radical (unpaired) electrons. The van der Waals surface area contributed by atoms with Crippen molar-refractivity contribution in [3.05, 3.63) is 30.0 Å². The molecule has 1 aliphatic heterocycles. The number of aromatic nitrogens is 5. The summed E-state index contributed by atoms with van der Waals surface area (Å²) in [7, 11) is 5.20. The van der Waals surface area contributed by atoms with Crippen molar-refractivity contribution in [3.8, 4) is 23.3 Å². The normalized spacial score (nSPS) is 22.9. The van der Waals surface area contributed by atoms with Crippen LogP contribution in [0.4, 0.5) is 0 Å². The topological polar surface area (TPSA) is 113 Å². The Hall–Kier alpha value is -3.66. The van der Waals surface area contributed by atoms with Crippen LogP contribution in [0, 0.1) is 11.8 Å². The van der Waals surface area contributed by atoms with Crippen LogP contribution in [-0.4, -0.2) is 67.7 Å². The summed E-state index contributed by atoms with van der Waals surface area (Å²) < 4.78 is 15.3. The summed E-state index contributed by atoms with van der Waals surface area (Å²) in [5, 5.41) is 0.937. The average molecular weight is 502 g/mol. The lowest BCUT2D eigenvalue weighted by Crippen LogP contribution is -2.41. The standard InChI is InChI=1S/C27H31N7O3/c1-32-23-18(8-16(10-21(23)36-2)26(35)34-13-15-6-7-19(34)22(15)28)30-25(32)20-9-17-11-29-27(37-3)31-24(17)33(20)12-14-4-5-14/h8-11,14-15,19,22H,4-7,12-13,28H2,1-3H3/t15-,19-,22-/m1/s1. The molecule has 2 aliphatic carbocycles. The van der Waals surface area contributed by atoms with Crippen LogP contribution >= 0.6 is 0 Å². The molecule has 7 rings (SSSR count). The summed E-state index contributed by atoms with van der Waals surface area (Å²) in [4.78, 5) is 29.5. The Morgan fingerprint density at radius 3 is 2.62 bits per heavy atom. The number of carbonyl (C=O) groups excluding carboxylic acids is 1. The molecule has 2 saturated carbocycles. The van der Waals surface area contributed by atoms with E-state index in [0.29, 0.717) is 29.2 Å². The van der Waals surface area contributed by atoms with E-state index in [0.717, 1.165) is 59.5 Å². The van der Waals surface area contributed by atoms with E-state index in [1.165, 1.54) is 12.8 Å². The number of hydrogen-bond acceptors (Lipinski definition) is 7. The lowest BCUT2D eigenvalue weighted by Gasteiger charge is -2.27. The first-order chi connectivity index (χ1) is 18.0. The number of aryl methyl sites for hydroxylation is 1. The minimum atomic E-state index is 0.000250. The molecule has 10 nitrogen and oxygen atoms in total. The van der Waals surface area contributed by atoms with Gasteiger partial charge in [0.1, 0.15) is 16.9 Å². The minimum Gasteiger partial charge on any atom is -0.494 e. The van der Waals surface area contributed by atoms with Crippen molar-refractivity contribution < 1.29 is 14.3 Å². The van der Waals surface area contributed by atoms with Crippen molar-refractivity contribution in [2.24, 2.45) is 24.6 Å². The maximum atomic E-state index is 13.6. The third-order valence-corrected chi connectivity index (χ3v) is 8.48. The maximum absolute atomic E-state index is 13.6. The smallest absolute Gasteiger partial charge is 0.318 e. The minimum absolute atomic E-state index is 0.000250. The van der Waals surface area contributed by atoms with Gasteiger partial charge in [0.15, 0.2) is 5.82 Å². The monoisotopic (exact) mass is 501 g/mol. The van der Waals surface area contributed by atoms with Gasteiger partial charge in [0, 0.05) is 49.4 Å². The molecule has 3 aliphatic rings. The summed E-state index contributed by atoms with van der Waals surface area (Å²) in [6.45, 7) is 1.59. The van der Waals surface area contributed by atoms with Gasteiger partial charge in [-0.2, -0.15) is 4.98 Å². The number of fused-ring (bicyclic) bond motifs is 4. The maximum Gasteiger partial charge on any atom is 0.318 e. The number of methoxy groups -OCH3 is 2. The highest BCUT2D eigenvalue weighted by Gasteiger charge is 2.47. The third kappa shape index (κ3) is 3.42. The molecule has 192 valence electrons. The SMILES string of the molecule is COc1ncc2cc(-c3nc4cc(C(=O)N5C[C@H]6CC[C@@H]5[C@@H]6N)cc(OC)c4n3C)n(CC3CC3)c2n1. The zero-order valence-corrected chi connectivity index (χ0v) is 21.3. The second-order valence-electron chi connectivity index (χ2n) is 10.7. The lowest BCUT2D eigenvalue weighted by atomic mass is 10.1. The van der Waals surface area contributed by atoms with Crippen molar-refractivity contribution in [2.75, 3.05) is 20.8 Å². The van der Waals surface area contributed by atoms with Gasteiger partial charge in [-0.05, 0) is 55.7 Å². The Morgan fingerprint density at radius 2 is 1.95 bits per heavy atom. The van der Waals surface area contributed by atoms with Gasteiger partial charge in [0.2, 0.25) is 0 Å². The molecule has 4 heterocycles. The van der Waals surface area contributed by atoms with E-state index in [1.54, 1.807) is 20.4 Å². The zero-order valence-electron chi connectivity index (χ0n) is 21.3. The van der Waals surface area contributed by atoms with Crippen molar-refractivity contribution in [3.63, 3.8) is 0 Å². The van der Waals surface area contributed by atoms with E-state index in [-0.39, 0.29) is 18.0 Å². The predicted molar refractivity (Wildman–Crippen MR) is 139 cm³/mol. The third-order valence-electron chi connectivity index (χ3n) is 8.48. The number of benzene rings is 1. The Balaban J connectivity index is 1.35. The molecule has 1 aromatic carbocycles. The van der Waals surface area contributed by atoms with Crippen LogP contribution in [0.2, 0.25) is 0 Å². The van der Waals surface area contributed by atoms with Gasteiger partial charge in [0.25, 0.3) is 5.91 Å². The van der Waals surface area contributed by atoms with Crippen molar-refractivity contribution in [2.45, 2.75) is 44.3 Å². The van der Waals surface area contributed by atoms with Crippen LogP contribution in [0.25, 0.3) is 33.6 Å². The number of ether oxygens (including phenoxy) is 2. The first-order valence-electron chi connectivity index (χ1n) is 13.0. The molecule has 37 heavy (non-hydrogen) atoms. The number of hydrogen-bond donors (Lipinski definition) is 1. The van der Waals surface area contributed by atoms with Crippen LogP contribution < -0.4 is 15.2 Å². The highest BCUT2D eigenvalue weighted by Crippen LogP contribution is 2.40. The van der Waals surface area contributed by atoms with E-state index >= 15 is 0 Å². The van der Waals surface area contributed by atoms with Gasteiger partial charge in [0.05, 0.1) is 25.4 Å². The number of likely N-dealkylation sites (tertiary alicyclic amines) is 1. The number of carbonyl (C=O) groups is 1. The van der Waals surface area contributed by atoms with Gasteiger partial charge in [-0.3, -0.25) is 4.79 Å². The first kappa shape index (κ1) is 22.5. The quantitative estimate of drug-likeness (QED) is 0.432. The largest absolute Gasteiger partial charge is 0.494 e. The van der Waals surface area contributed by atoms with Gasteiger partial charge in [-0.1, -0.05) is 0 Å². The van der Waals surface area contributed by atoms with Crippen LogP contribution in [0.3, 0.4) is 0 Å². The van der Waals surface area contributed by atoms with Gasteiger partial charge < -0.3 is 29.2 Å². The van der Waals surface area contributed by atoms with Gasteiger partial charge in [-0.15, -0.1) is 0 Å². The first-order valence-corrected chi connectivity index (χ1v) is 13.0. The molecule has 3 aromatic heterocycles. The highest BCUT2D eigenvalue weighted by atomic mass is 16.5. The fourth-order valence-corrected chi connectivity index (χ4v) is 6.32. The molecule has 3 fully saturated rings. The number of imidazole rings is 1. The number of piperidine rings is 1. The molecule has 2 bridgehead atoms. The second kappa shape index (κ2) is 8.17. The Bertz CT molecular complexity index is 1550. The zero-order chi connectivity index (χ0) is 25.4. The molecule has 1 amide bonds. The summed E-state index contributed by atoms with van der Waals surface area (Å²) >= 11 is 0. The van der Waals surface area contributed by atoms with Gasteiger partial charge in [-0.25, -0.2) is 9.97 Å². The highest BCUT2D eigenvalue weighted by molar-refractivity contribution is 6.00. The van der Waals surface area contributed by atoms with E-state index in [4.69, 9.17) is 20.2 Å². The fourth-order valence-electron chi connectivity index (χ4n) is 6.32. The summed E-state index contributed by atoms with van der Waals surface area (Å²) in [6.07, 6.45) is 6.30. The van der Waals surface area contributed by atoms with Crippen LogP contribution in [-0.2, 0) is 13.6 Å². The van der Waals surface area contributed by atoms with E-state index in [9.17, 15) is 4.79 Å². The Labute approximate surface area is 214 Å². The lowest BCUT2D eigenvalue weighted by molar-refractivity contribution is 0.0700. The molecular weight excluding hydrogens is 470 g/mol. The van der Waals surface area contributed by atoms with Crippen molar-refractivity contribution in [1.29, 1.82) is 0 Å². The van der Waals surface area contributed by atoms with Crippen LogP contribution in [0.5, 0.6) is 11.8 Å². The van der Waals surface area contributed by atoms with E-state index < -0.39 is 0 Å². The average Bonchev–Trinajstić information content (AvgIpc) is 3.32. The number of rotatable bonds is 6. The Morgan fingerprint density at radius 1 is 1.11 bits per heavy atom. The fraction of sp³-hybridized carbons (Fsp3) is 0.481. The number of nitrogens with zero attached hydrogens (tertiary/aromatic N) is 6. The predicted octanol–water partition coefficient (Wildman–Crippen LogP) is 2.97. The van der Waals surface area contributed by atoms with Gasteiger partial charge >= 0.3 is 6.01 Å². The molecular formula is C27H31N7O3. The molecule has 10 heteroatoms. The number of amides is 1. The molecule has 1 saturated heterocycles. The van der Waals surface area contributed by atoms with Crippen LogP contribution in [0.15, 0.2) is 24.4 Å². The van der Waals surface area contributed by atoms with E-state index in [1.807, 2.05) is 28.6 Å². The summed E-state index contributed by atoms with van der Waals surface area (Å²) in [6, 6.07) is 6.35. The van der Waals surface area contributed by atoms with E-state index in [2.05, 4.69) is 20.6 Å². The molecule has 3 atom stereocenters. The summed E-state index contributed by atoms with van der Waals surface area (Å²) in [5.74, 6) is 2.45. The molecule has 2 N–H and O–H groups in total. The molecule has 0 unspecified atom stereocenters. The van der Waals surface area contributed by atoms with Crippen LogP contribution in [0.1, 0.15) is 36.0 Å². The Kier molecular flexibility index (Phi) is 4.98. The second-order valence-corrected chi connectivity index (χ2v) is 10.7. The van der Waals surface area contributed by atoms with Crippen molar-refractivity contribution in [1.82, 2.24) is 29.0 Å². The molecule has 0 spiro atoms. The molecule has 4 aromatic rings. The van der Waals surface area contributed by atoms with Crippen molar-refractivity contribution >= 4 is 28.0 Å². The number of nitrogens with two attached hydrogens (primary N) is 1. The summed E-state index contributed by atoms with van der Waals surface area (Å²) in [5.41, 5.74) is 10.3.